The molecule has 5 heteroatoms. The first-order valence-electron chi connectivity index (χ1n) is 10.1. The van der Waals surface area contributed by atoms with E-state index < -0.39 is 0 Å². The number of hydrogen-bond acceptors (Lipinski definition) is 3. The second-order valence-electron chi connectivity index (χ2n) is 7.99. The van der Waals surface area contributed by atoms with Crippen molar-refractivity contribution in [1.29, 1.82) is 0 Å². The van der Waals surface area contributed by atoms with Gasteiger partial charge in [-0.25, -0.2) is 4.98 Å². The third kappa shape index (κ3) is 5.19. The zero-order valence-electron chi connectivity index (χ0n) is 16.8. The van der Waals surface area contributed by atoms with Gasteiger partial charge in [0, 0.05) is 51.4 Å². The Morgan fingerprint density at radius 2 is 1.96 bits per heavy atom. The van der Waals surface area contributed by atoms with Crippen molar-refractivity contribution in [1.82, 2.24) is 19.4 Å². The molecular formula is C22H32N4O. The Morgan fingerprint density at radius 3 is 2.67 bits per heavy atom. The molecule has 2 heterocycles. The van der Waals surface area contributed by atoms with Crippen LogP contribution in [0.1, 0.15) is 44.9 Å². The predicted octanol–water partition coefficient (Wildman–Crippen LogP) is 3.55. The highest BCUT2D eigenvalue weighted by Crippen LogP contribution is 2.19. The minimum atomic E-state index is 0.252. The lowest BCUT2D eigenvalue weighted by atomic mass is 10.1. The molecule has 1 atom stereocenters. The van der Waals surface area contributed by atoms with Crippen LogP contribution in [0.3, 0.4) is 0 Å². The van der Waals surface area contributed by atoms with E-state index in [0.29, 0.717) is 18.9 Å². The van der Waals surface area contributed by atoms with Gasteiger partial charge in [0.1, 0.15) is 0 Å². The van der Waals surface area contributed by atoms with Gasteiger partial charge in [-0.05, 0) is 17.9 Å². The highest BCUT2D eigenvalue weighted by molar-refractivity contribution is 5.77. The van der Waals surface area contributed by atoms with Gasteiger partial charge < -0.3 is 9.47 Å². The van der Waals surface area contributed by atoms with Crippen molar-refractivity contribution in [3.05, 3.63) is 54.1 Å². The van der Waals surface area contributed by atoms with Gasteiger partial charge in [0.2, 0.25) is 5.91 Å². The van der Waals surface area contributed by atoms with E-state index in [1.165, 1.54) is 11.3 Å². The number of imidazole rings is 1. The fraction of sp³-hybridized carbons (Fsp3) is 0.545. The van der Waals surface area contributed by atoms with E-state index in [-0.39, 0.29) is 11.9 Å². The van der Waals surface area contributed by atoms with Crippen molar-refractivity contribution in [3.63, 3.8) is 0 Å². The topological polar surface area (TPSA) is 41.4 Å². The molecule has 0 unspecified atom stereocenters. The summed E-state index contributed by atoms with van der Waals surface area (Å²) >= 11 is 0. The molecule has 0 spiro atoms. The molecule has 0 saturated carbocycles. The summed E-state index contributed by atoms with van der Waals surface area (Å²) in [6, 6.07) is 10.6. The van der Waals surface area contributed by atoms with Crippen molar-refractivity contribution < 1.29 is 4.79 Å². The third-order valence-electron chi connectivity index (χ3n) is 5.28. The summed E-state index contributed by atoms with van der Waals surface area (Å²) in [4.78, 5) is 21.7. The van der Waals surface area contributed by atoms with Crippen LogP contribution in [0.5, 0.6) is 0 Å². The lowest BCUT2D eigenvalue weighted by molar-refractivity contribution is -0.133. The van der Waals surface area contributed by atoms with E-state index in [0.717, 1.165) is 32.6 Å². The molecule has 0 radical (unpaired) electrons. The average Bonchev–Trinajstić information content (AvgIpc) is 3.02. The number of carbonyl (C=O) groups is 1. The number of hydrogen-bond donors (Lipinski definition) is 0. The molecule has 3 rings (SSSR count). The van der Waals surface area contributed by atoms with Crippen LogP contribution in [-0.2, 0) is 24.4 Å². The Morgan fingerprint density at radius 1 is 1.19 bits per heavy atom. The molecule has 1 aliphatic rings. The van der Waals surface area contributed by atoms with Crippen LogP contribution < -0.4 is 0 Å². The maximum atomic E-state index is 12.8. The number of rotatable bonds is 7. The van der Waals surface area contributed by atoms with Gasteiger partial charge in [-0.15, -0.1) is 0 Å². The summed E-state index contributed by atoms with van der Waals surface area (Å²) < 4.78 is 2.25. The minimum Gasteiger partial charge on any atom is -0.334 e. The molecule has 5 nitrogen and oxygen atoms in total. The predicted molar refractivity (Wildman–Crippen MR) is 108 cm³/mol. The van der Waals surface area contributed by atoms with E-state index >= 15 is 0 Å². The Balaban J connectivity index is 1.70. The highest BCUT2D eigenvalue weighted by Gasteiger charge is 2.29. The number of nitrogens with zero attached hydrogens (tertiary/aromatic N) is 4. The van der Waals surface area contributed by atoms with Crippen molar-refractivity contribution >= 4 is 5.91 Å². The van der Waals surface area contributed by atoms with Crippen LogP contribution in [0, 0.1) is 5.92 Å². The maximum absolute atomic E-state index is 12.8. The maximum Gasteiger partial charge on any atom is 0.224 e. The Hall–Kier alpha value is -2.14. The van der Waals surface area contributed by atoms with Crippen molar-refractivity contribution in [3.8, 4) is 0 Å². The molecule has 1 fully saturated rings. The molecule has 2 aromatic rings. The van der Waals surface area contributed by atoms with Crippen molar-refractivity contribution in [2.24, 2.45) is 5.92 Å². The lowest BCUT2D eigenvalue weighted by Gasteiger charge is -2.31. The molecule has 1 aromatic carbocycles. The summed E-state index contributed by atoms with van der Waals surface area (Å²) in [5.41, 5.74) is 2.44. The van der Waals surface area contributed by atoms with Crippen molar-refractivity contribution in [2.75, 3.05) is 13.1 Å². The van der Waals surface area contributed by atoms with Crippen molar-refractivity contribution in [2.45, 2.75) is 59.3 Å². The van der Waals surface area contributed by atoms with Gasteiger partial charge in [-0.1, -0.05) is 51.1 Å². The monoisotopic (exact) mass is 368 g/mol. The molecular weight excluding hydrogens is 336 g/mol. The largest absolute Gasteiger partial charge is 0.334 e. The number of amides is 1. The van der Waals surface area contributed by atoms with Gasteiger partial charge in [-0.2, -0.15) is 0 Å². The second kappa shape index (κ2) is 9.18. The van der Waals surface area contributed by atoms with Gasteiger partial charge in [0.05, 0.1) is 12.0 Å². The molecule has 1 aromatic heterocycles. The molecule has 1 saturated heterocycles. The molecule has 27 heavy (non-hydrogen) atoms. The molecule has 1 aliphatic heterocycles. The first-order chi connectivity index (χ1) is 13.1. The van der Waals surface area contributed by atoms with E-state index in [1.807, 2.05) is 30.7 Å². The van der Waals surface area contributed by atoms with Crippen LogP contribution in [0.25, 0.3) is 0 Å². The SMILES string of the molecule is CC[C@@H]1CN(Cc2cncn2CC(C)C)CCC(=O)N1Cc1ccccc1. The standard InChI is InChI=1S/C22H32N4O/c1-4-20-15-24(16-21-12-23-17-25(21)13-18(2)3)11-10-22(27)26(20)14-19-8-6-5-7-9-19/h5-9,12,17-18,20H,4,10-11,13-16H2,1-3H3/t20-/m1/s1. The molecule has 0 bridgehead atoms. The van der Waals surface area contributed by atoms with E-state index in [2.05, 4.69) is 52.3 Å². The third-order valence-corrected chi connectivity index (χ3v) is 5.28. The Bertz CT molecular complexity index is 725. The van der Waals surface area contributed by atoms with Crippen LogP contribution in [-0.4, -0.2) is 44.4 Å². The van der Waals surface area contributed by atoms with Crippen LogP contribution >= 0.6 is 0 Å². The van der Waals surface area contributed by atoms with Gasteiger partial charge in [-0.3, -0.25) is 9.69 Å². The molecule has 1 amide bonds. The highest BCUT2D eigenvalue weighted by atomic mass is 16.2. The van der Waals surface area contributed by atoms with Gasteiger partial charge >= 0.3 is 0 Å². The summed E-state index contributed by atoms with van der Waals surface area (Å²) in [6.45, 7) is 10.9. The summed E-state index contributed by atoms with van der Waals surface area (Å²) in [6.07, 6.45) is 5.46. The number of carbonyl (C=O) groups excluding carboxylic acids is 1. The fourth-order valence-electron chi connectivity index (χ4n) is 3.85. The van der Waals surface area contributed by atoms with E-state index in [1.54, 1.807) is 0 Å². The minimum absolute atomic E-state index is 0.252. The normalized spacial score (nSPS) is 18.9. The van der Waals surface area contributed by atoms with Crippen LogP contribution in [0.15, 0.2) is 42.9 Å². The van der Waals surface area contributed by atoms with E-state index in [4.69, 9.17) is 0 Å². The lowest BCUT2D eigenvalue weighted by Crippen LogP contribution is -2.42. The fourth-order valence-corrected chi connectivity index (χ4v) is 3.85. The van der Waals surface area contributed by atoms with Gasteiger partial charge in [0.15, 0.2) is 0 Å². The van der Waals surface area contributed by atoms with Crippen LogP contribution in [0.4, 0.5) is 0 Å². The van der Waals surface area contributed by atoms with Crippen LogP contribution in [0.2, 0.25) is 0 Å². The summed E-state index contributed by atoms with van der Waals surface area (Å²) in [5, 5.41) is 0. The average molecular weight is 369 g/mol. The summed E-state index contributed by atoms with van der Waals surface area (Å²) in [7, 11) is 0. The zero-order valence-corrected chi connectivity index (χ0v) is 16.8. The Kier molecular flexibility index (Phi) is 6.67. The number of benzene rings is 1. The molecule has 0 aliphatic carbocycles. The molecule has 0 N–H and O–H groups in total. The quantitative estimate of drug-likeness (QED) is 0.750. The summed E-state index contributed by atoms with van der Waals surface area (Å²) in [5.74, 6) is 0.859. The smallest absolute Gasteiger partial charge is 0.224 e. The first-order valence-corrected chi connectivity index (χ1v) is 10.1. The first kappa shape index (κ1) is 19.6. The van der Waals surface area contributed by atoms with E-state index in [9.17, 15) is 4.79 Å². The zero-order chi connectivity index (χ0) is 19.2. The number of aromatic nitrogens is 2. The van der Waals surface area contributed by atoms with Gasteiger partial charge in [0.25, 0.3) is 0 Å². The molecule has 146 valence electrons. The Labute approximate surface area is 163 Å². The second-order valence-corrected chi connectivity index (χ2v) is 7.99.